The van der Waals surface area contributed by atoms with Crippen LogP contribution in [-0.2, 0) is 21.2 Å². The number of anilines is 1. The van der Waals surface area contributed by atoms with Gasteiger partial charge in [0.05, 0.1) is 12.8 Å². The van der Waals surface area contributed by atoms with Crippen molar-refractivity contribution < 1.29 is 17.9 Å². The van der Waals surface area contributed by atoms with Gasteiger partial charge in [-0.2, -0.15) is 0 Å². The molecule has 0 aromatic heterocycles. The van der Waals surface area contributed by atoms with E-state index >= 15 is 0 Å². The largest absolute Gasteiger partial charge is 0.495 e. The number of hydrogen-bond acceptors (Lipinski definition) is 4. The van der Waals surface area contributed by atoms with E-state index in [0.717, 1.165) is 36.0 Å². The van der Waals surface area contributed by atoms with Crippen molar-refractivity contribution in [3.05, 3.63) is 89.0 Å². The van der Waals surface area contributed by atoms with E-state index in [4.69, 9.17) is 4.74 Å². The topological polar surface area (TPSA) is 66.9 Å². The van der Waals surface area contributed by atoms with E-state index in [0.29, 0.717) is 24.7 Å². The van der Waals surface area contributed by atoms with Crippen LogP contribution in [-0.4, -0.2) is 46.0 Å². The number of likely N-dealkylation sites (tertiary alicyclic amines) is 1. The number of hydrogen-bond donors (Lipinski definition) is 0. The average molecular weight is 521 g/mol. The number of sulfonamides is 1. The number of amides is 1. The van der Waals surface area contributed by atoms with E-state index in [1.165, 1.54) is 17.0 Å². The van der Waals surface area contributed by atoms with Gasteiger partial charge >= 0.3 is 0 Å². The average Bonchev–Trinajstić information content (AvgIpc) is 2.87. The third kappa shape index (κ3) is 6.34. The Labute approximate surface area is 220 Å². The van der Waals surface area contributed by atoms with E-state index in [2.05, 4.69) is 24.3 Å². The summed E-state index contributed by atoms with van der Waals surface area (Å²) in [4.78, 5) is 15.4. The number of aryl methyl sites for hydroxylation is 3. The molecule has 7 heteroatoms. The molecule has 1 saturated heterocycles. The monoisotopic (exact) mass is 520 g/mol. The molecule has 0 saturated carbocycles. The highest BCUT2D eigenvalue weighted by molar-refractivity contribution is 7.93. The summed E-state index contributed by atoms with van der Waals surface area (Å²) in [5.41, 5.74) is 4.45. The minimum absolute atomic E-state index is 0.0588. The predicted octanol–water partition coefficient (Wildman–Crippen LogP) is 5.30. The summed E-state index contributed by atoms with van der Waals surface area (Å²) in [6.45, 7) is 6.69. The molecule has 0 unspecified atom stereocenters. The number of ether oxygens (including phenoxy) is 1. The van der Waals surface area contributed by atoms with Gasteiger partial charge in [0.1, 0.15) is 17.2 Å². The lowest BCUT2D eigenvalue weighted by molar-refractivity contribution is -0.130. The Hall–Kier alpha value is -3.32. The van der Waals surface area contributed by atoms with E-state index < -0.39 is 10.0 Å². The standard InChI is InChI=1S/C30H36N2O4S/c1-22-10-11-28(36-4)29(19-22)37(34,35)32(27-17-23(2)16-24(3)18-27)21-30(33)31-14-12-26(13-15-31)20-25-8-6-5-7-9-25/h5-11,16-19,26H,12-15,20-21H2,1-4H3. The van der Waals surface area contributed by atoms with E-state index in [-0.39, 0.29) is 23.1 Å². The number of benzene rings is 3. The van der Waals surface area contributed by atoms with Crippen molar-refractivity contribution in [3.8, 4) is 5.75 Å². The summed E-state index contributed by atoms with van der Waals surface area (Å²) < 4.78 is 34.7. The Bertz CT molecular complexity index is 1330. The van der Waals surface area contributed by atoms with Gasteiger partial charge in [0.2, 0.25) is 5.91 Å². The second kappa shape index (κ2) is 11.4. The van der Waals surface area contributed by atoms with Gasteiger partial charge in [-0.15, -0.1) is 0 Å². The third-order valence-electron chi connectivity index (χ3n) is 6.99. The van der Waals surface area contributed by atoms with Gasteiger partial charge in [-0.1, -0.05) is 42.5 Å². The van der Waals surface area contributed by atoms with Crippen LogP contribution < -0.4 is 9.04 Å². The van der Waals surface area contributed by atoms with Crippen molar-refractivity contribution >= 4 is 21.6 Å². The van der Waals surface area contributed by atoms with Crippen LogP contribution in [0.5, 0.6) is 5.75 Å². The maximum Gasteiger partial charge on any atom is 0.268 e. The summed E-state index contributed by atoms with van der Waals surface area (Å²) in [7, 11) is -2.62. The first-order valence-electron chi connectivity index (χ1n) is 12.7. The number of carbonyl (C=O) groups excluding carboxylic acids is 1. The molecule has 0 spiro atoms. The van der Waals surface area contributed by atoms with E-state index in [1.54, 1.807) is 17.0 Å². The fraction of sp³-hybridized carbons (Fsp3) is 0.367. The van der Waals surface area contributed by atoms with Crippen LogP contribution in [0.2, 0.25) is 0 Å². The summed E-state index contributed by atoms with van der Waals surface area (Å²) in [6, 6.07) is 21.1. The molecule has 1 heterocycles. The molecule has 196 valence electrons. The Morgan fingerprint density at radius 1 is 0.919 bits per heavy atom. The Morgan fingerprint density at radius 3 is 2.19 bits per heavy atom. The lowest BCUT2D eigenvalue weighted by Crippen LogP contribution is -2.46. The molecule has 1 aliphatic rings. The summed E-state index contributed by atoms with van der Waals surface area (Å²) in [5, 5.41) is 0. The summed E-state index contributed by atoms with van der Waals surface area (Å²) >= 11 is 0. The van der Waals surface area contributed by atoms with Crippen molar-refractivity contribution in [2.24, 2.45) is 5.92 Å². The Kier molecular flexibility index (Phi) is 8.22. The first-order valence-corrected chi connectivity index (χ1v) is 14.2. The molecule has 0 N–H and O–H groups in total. The Morgan fingerprint density at radius 2 is 1.57 bits per heavy atom. The van der Waals surface area contributed by atoms with Crippen LogP contribution in [0.1, 0.15) is 35.1 Å². The summed E-state index contributed by atoms with van der Waals surface area (Å²) in [6.07, 6.45) is 2.81. The van der Waals surface area contributed by atoms with Crippen LogP contribution in [0, 0.1) is 26.7 Å². The van der Waals surface area contributed by atoms with Crippen molar-refractivity contribution in [1.82, 2.24) is 4.90 Å². The highest BCUT2D eigenvalue weighted by Gasteiger charge is 2.33. The molecule has 4 rings (SSSR count). The number of methoxy groups -OCH3 is 1. The van der Waals surface area contributed by atoms with Crippen molar-refractivity contribution in [2.75, 3.05) is 31.0 Å². The van der Waals surface area contributed by atoms with Gasteiger partial charge in [0, 0.05) is 13.1 Å². The lowest BCUT2D eigenvalue weighted by atomic mass is 9.90. The summed E-state index contributed by atoms with van der Waals surface area (Å²) in [5.74, 6) is 0.587. The van der Waals surface area contributed by atoms with Crippen LogP contribution in [0.4, 0.5) is 5.69 Å². The molecule has 6 nitrogen and oxygen atoms in total. The van der Waals surface area contributed by atoms with E-state index in [9.17, 15) is 13.2 Å². The molecule has 1 fully saturated rings. The highest BCUT2D eigenvalue weighted by atomic mass is 32.2. The number of carbonyl (C=O) groups is 1. The van der Waals surface area contributed by atoms with Crippen LogP contribution >= 0.6 is 0 Å². The van der Waals surface area contributed by atoms with Gasteiger partial charge in [0.25, 0.3) is 10.0 Å². The number of nitrogens with zero attached hydrogens (tertiary/aromatic N) is 2. The zero-order chi connectivity index (χ0) is 26.6. The van der Waals surface area contributed by atoms with Crippen molar-refractivity contribution in [2.45, 2.75) is 44.9 Å². The fourth-order valence-electron chi connectivity index (χ4n) is 5.07. The third-order valence-corrected chi connectivity index (χ3v) is 8.79. The molecule has 1 amide bonds. The number of piperidine rings is 1. The fourth-order valence-corrected chi connectivity index (χ4v) is 6.71. The quantitative estimate of drug-likeness (QED) is 0.404. The Balaban J connectivity index is 1.58. The molecule has 37 heavy (non-hydrogen) atoms. The van der Waals surface area contributed by atoms with Gasteiger partial charge in [0.15, 0.2) is 0 Å². The van der Waals surface area contributed by atoms with Crippen LogP contribution in [0.3, 0.4) is 0 Å². The van der Waals surface area contributed by atoms with Crippen molar-refractivity contribution in [3.63, 3.8) is 0 Å². The minimum atomic E-state index is -4.08. The maximum absolute atomic E-state index is 14.0. The van der Waals surface area contributed by atoms with Crippen molar-refractivity contribution in [1.29, 1.82) is 0 Å². The zero-order valence-electron chi connectivity index (χ0n) is 22.1. The normalized spacial score (nSPS) is 14.4. The molecule has 3 aromatic rings. The maximum atomic E-state index is 14.0. The molecular formula is C30H36N2O4S. The second-order valence-electron chi connectivity index (χ2n) is 10.0. The first kappa shape index (κ1) is 26.7. The molecule has 0 aliphatic carbocycles. The van der Waals surface area contributed by atoms with E-state index in [1.807, 2.05) is 51.1 Å². The lowest BCUT2D eigenvalue weighted by Gasteiger charge is -2.34. The van der Waals surface area contributed by atoms with Gasteiger partial charge in [-0.25, -0.2) is 8.42 Å². The predicted molar refractivity (Wildman–Crippen MR) is 148 cm³/mol. The SMILES string of the molecule is COc1ccc(C)cc1S(=O)(=O)N(CC(=O)N1CCC(Cc2ccccc2)CC1)c1cc(C)cc(C)c1. The molecule has 3 aromatic carbocycles. The van der Waals surface area contributed by atoms with Gasteiger partial charge in [-0.3, -0.25) is 9.10 Å². The number of rotatable bonds is 8. The van der Waals surface area contributed by atoms with Crippen LogP contribution in [0.15, 0.2) is 71.6 Å². The molecule has 0 radical (unpaired) electrons. The second-order valence-corrected chi connectivity index (χ2v) is 11.9. The smallest absolute Gasteiger partial charge is 0.268 e. The van der Waals surface area contributed by atoms with Gasteiger partial charge in [-0.05, 0) is 92.5 Å². The molecule has 0 atom stereocenters. The molecule has 0 bridgehead atoms. The van der Waals surface area contributed by atoms with Crippen LogP contribution in [0.25, 0.3) is 0 Å². The minimum Gasteiger partial charge on any atom is -0.495 e. The molecule has 1 aliphatic heterocycles. The first-order chi connectivity index (χ1) is 17.7. The van der Waals surface area contributed by atoms with Gasteiger partial charge < -0.3 is 9.64 Å². The highest BCUT2D eigenvalue weighted by Crippen LogP contribution is 2.32. The zero-order valence-corrected chi connectivity index (χ0v) is 22.9. The molecular weight excluding hydrogens is 484 g/mol.